The lowest BCUT2D eigenvalue weighted by Crippen LogP contribution is -2.17. The zero-order valence-electron chi connectivity index (χ0n) is 9.64. The molecule has 0 aromatic rings. The van der Waals surface area contributed by atoms with Crippen molar-refractivity contribution in [2.24, 2.45) is 5.92 Å². The van der Waals surface area contributed by atoms with Crippen LogP contribution in [-0.2, 0) is 9.36 Å². The summed E-state index contributed by atoms with van der Waals surface area (Å²) in [5, 5.41) is 0. The molecule has 0 saturated carbocycles. The van der Waals surface area contributed by atoms with Gasteiger partial charge in [-0.15, -0.1) is 0 Å². The molecule has 0 amide bonds. The number of carbonyl (C=O) groups is 1. The lowest BCUT2D eigenvalue weighted by molar-refractivity contribution is -0.120. The van der Waals surface area contributed by atoms with Crippen molar-refractivity contribution >= 4 is 13.4 Å². The fraction of sp³-hybridized carbons (Fsp3) is 0.900. The summed E-state index contributed by atoms with van der Waals surface area (Å²) in [5.41, 5.74) is -0.656. The molecule has 2 N–H and O–H groups in total. The summed E-state index contributed by atoms with van der Waals surface area (Å²) in [6.07, 6.45) is 2.49. The predicted octanol–water partition coefficient (Wildman–Crippen LogP) is 2.34. The number of hydrogen-bond acceptors (Lipinski definition) is 2. The summed E-state index contributed by atoms with van der Waals surface area (Å²) in [5.74, 6) is -0.274. The quantitative estimate of drug-likeness (QED) is 0.665. The second kappa shape index (κ2) is 6.41. The number of Topliss-reactive ketones (excluding diaryl/α,β-unsaturated/α-hetero) is 1. The SMILES string of the molecule is CCCCC(CC(C)C(C)=O)P(=O)(O)O. The summed E-state index contributed by atoms with van der Waals surface area (Å²) < 4.78 is 11.2. The van der Waals surface area contributed by atoms with Crippen molar-refractivity contribution in [3.63, 3.8) is 0 Å². The molecule has 2 atom stereocenters. The molecule has 0 rings (SSSR count). The molecule has 4 nitrogen and oxygen atoms in total. The van der Waals surface area contributed by atoms with Crippen LogP contribution in [0.4, 0.5) is 0 Å². The fourth-order valence-corrected chi connectivity index (χ4v) is 2.55. The Bertz CT molecular complexity index is 246. The van der Waals surface area contributed by atoms with E-state index in [-0.39, 0.29) is 11.7 Å². The van der Waals surface area contributed by atoms with Crippen LogP contribution in [0.25, 0.3) is 0 Å². The van der Waals surface area contributed by atoms with Gasteiger partial charge in [-0.2, -0.15) is 0 Å². The molecule has 15 heavy (non-hydrogen) atoms. The van der Waals surface area contributed by atoms with Crippen LogP contribution in [0.3, 0.4) is 0 Å². The Kier molecular flexibility index (Phi) is 6.34. The standard InChI is InChI=1S/C10H21O4P/c1-4-5-6-10(15(12,13)14)7-8(2)9(3)11/h8,10H,4-7H2,1-3H3,(H2,12,13,14). The van der Waals surface area contributed by atoms with Gasteiger partial charge in [0.05, 0.1) is 5.66 Å². The van der Waals surface area contributed by atoms with E-state index in [9.17, 15) is 9.36 Å². The van der Waals surface area contributed by atoms with E-state index in [0.717, 1.165) is 12.8 Å². The zero-order chi connectivity index (χ0) is 12.1. The van der Waals surface area contributed by atoms with Gasteiger partial charge < -0.3 is 9.79 Å². The Morgan fingerprint density at radius 3 is 2.27 bits per heavy atom. The minimum absolute atomic E-state index is 0.00931. The van der Waals surface area contributed by atoms with Gasteiger partial charge in [-0.25, -0.2) is 0 Å². The number of carbonyl (C=O) groups excluding carboxylic acids is 1. The number of ketones is 1. The van der Waals surface area contributed by atoms with Crippen molar-refractivity contribution in [1.82, 2.24) is 0 Å². The van der Waals surface area contributed by atoms with Gasteiger partial charge in [0.15, 0.2) is 0 Å². The molecule has 5 heteroatoms. The van der Waals surface area contributed by atoms with Crippen LogP contribution in [0.1, 0.15) is 46.5 Å². The third kappa shape index (κ3) is 6.08. The van der Waals surface area contributed by atoms with Crippen LogP contribution >= 0.6 is 7.60 Å². The van der Waals surface area contributed by atoms with Gasteiger partial charge in [-0.1, -0.05) is 26.7 Å². The molecular weight excluding hydrogens is 215 g/mol. The molecule has 0 aliphatic rings. The van der Waals surface area contributed by atoms with Gasteiger partial charge >= 0.3 is 7.60 Å². The Hall–Kier alpha value is -0.180. The highest BCUT2D eigenvalue weighted by Crippen LogP contribution is 2.46. The van der Waals surface area contributed by atoms with Crippen LogP contribution < -0.4 is 0 Å². The first-order valence-corrected chi connectivity index (χ1v) is 7.02. The summed E-state index contributed by atoms with van der Waals surface area (Å²) in [6, 6.07) is 0. The van der Waals surface area contributed by atoms with Crippen molar-refractivity contribution in [1.29, 1.82) is 0 Å². The maximum atomic E-state index is 11.2. The van der Waals surface area contributed by atoms with Gasteiger partial charge in [0.1, 0.15) is 5.78 Å². The summed E-state index contributed by atoms with van der Waals surface area (Å²) >= 11 is 0. The lowest BCUT2D eigenvalue weighted by Gasteiger charge is -2.20. The topological polar surface area (TPSA) is 74.6 Å². The van der Waals surface area contributed by atoms with Gasteiger partial charge in [0.25, 0.3) is 0 Å². The maximum absolute atomic E-state index is 11.2. The first-order valence-electron chi connectivity index (χ1n) is 5.34. The number of hydrogen-bond donors (Lipinski definition) is 2. The van der Waals surface area contributed by atoms with Crippen molar-refractivity contribution in [3.05, 3.63) is 0 Å². The Morgan fingerprint density at radius 1 is 1.40 bits per heavy atom. The van der Waals surface area contributed by atoms with E-state index in [1.54, 1.807) is 6.92 Å². The zero-order valence-corrected chi connectivity index (χ0v) is 10.5. The highest BCUT2D eigenvalue weighted by molar-refractivity contribution is 7.52. The van der Waals surface area contributed by atoms with Gasteiger partial charge in [0.2, 0.25) is 0 Å². The fourth-order valence-electron chi connectivity index (χ4n) is 1.44. The second-order valence-corrected chi connectivity index (χ2v) is 6.04. The van der Waals surface area contributed by atoms with Gasteiger partial charge in [0, 0.05) is 5.92 Å². The summed E-state index contributed by atoms with van der Waals surface area (Å²) in [6.45, 7) is 5.16. The maximum Gasteiger partial charge on any atom is 0.328 e. The highest BCUT2D eigenvalue weighted by Gasteiger charge is 2.30. The van der Waals surface area contributed by atoms with Crippen LogP contribution in [0.2, 0.25) is 0 Å². The van der Waals surface area contributed by atoms with E-state index in [0.29, 0.717) is 12.8 Å². The van der Waals surface area contributed by atoms with Gasteiger partial charge in [-0.3, -0.25) is 9.36 Å². The van der Waals surface area contributed by atoms with Crippen LogP contribution in [0.15, 0.2) is 0 Å². The van der Waals surface area contributed by atoms with E-state index >= 15 is 0 Å². The van der Waals surface area contributed by atoms with E-state index in [2.05, 4.69) is 0 Å². The highest BCUT2D eigenvalue weighted by atomic mass is 31.2. The minimum Gasteiger partial charge on any atom is -0.324 e. The number of unbranched alkanes of at least 4 members (excludes halogenated alkanes) is 1. The van der Waals surface area contributed by atoms with Crippen molar-refractivity contribution in [3.8, 4) is 0 Å². The smallest absolute Gasteiger partial charge is 0.324 e. The molecule has 0 saturated heterocycles. The van der Waals surface area contributed by atoms with Crippen molar-refractivity contribution in [2.45, 2.75) is 52.1 Å². The Labute approximate surface area is 91.2 Å². The van der Waals surface area contributed by atoms with Crippen LogP contribution in [0, 0.1) is 5.92 Å². The second-order valence-electron chi connectivity index (χ2n) is 4.13. The van der Waals surface area contributed by atoms with E-state index in [1.807, 2.05) is 6.92 Å². The molecule has 0 aliphatic heterocycles. The Balaban J connectivity index is 4.38. The van der Waals surface area contributed by atoms with Gasteiger partial charge in [-0.05, 0) is 19.8 Å². The third-order valence-electron chi connectivity index (χ3n) is 2.69. The average Bonchev–Trinajstić information content (AvgIpc) is 2.09. The van der Waals surface area contributed by atoms with Crippen LogP contribution in [0.5, 0.6) is 0 Å². The van der Waals surface area contributed by atoms with Crippen LogP contribution in [-0.4, -0.2) is 21.2 Å². The third-order valence-corrected chi connectivity index (χ3v) is 4.11. The first kappa shape index (κ1) is 14.8. The molecule has 0 bridgehead atoms. The monoisotopic (exact) mass is 236 g/mol. The molecule has 90 valence electrons. The molecule has 0 aromatic carbocycles. The molecular formula is C10H21O4P. The molecule has 0 spiro atoms. The normalized spacial score (nSPS) is 16.1. The summed E-state index contributed by atoms with van der Waals surface area (Å²) in [4.78, 5) is 29.3. The average molecular weight is 236 g/mol. The molecule has 0 aromatic heterocycles. The van der Waals surface area contributed by atoms with Crippen molar-refractivity contribution < 1.29 is 19.1 Å². The molecule has 0 fully saturated rings. The van der Waals surface area contributed by atoms with E-state index in [4.69, 9.17) is 9.79 Å². The Morgan fingerprint density at radius 2 is 1.93 bits per heavy atom. The van der Waals surface area contributed by atoms with Crippen molar-refractivity contribution in [2.75, 3.05) is 0 Å². The predicted molar refractivity (Wildman–Crippen MR) is 59.8 cm³/mol. The van der Waals surface area contributed by atoms with E-state index < -0.39 is 13.3 Å². The molecule has 0 radical (unpaired) electrons. The largest absolute Gasteiger partial charge is 0.328 e. The van der Waals surface area contributed by atoms with E-state index in [1.165, 1.54) is 6.92 Å². The molecule has 2 unspecified atom stereocenters. The molecule has 0 heterocycles. The number of rotatable bonds is 7. The summed E-state index contributed by atoms with van der Waals surface area (Å²) in [7, 11) is -4.05. The minimum atomic E-state index is -4.05. The lowest BCUT2D eigenvalue weighted by atomic mass is 9.99. The first-order chi connectivity index (χ1) is 6.79. The molecule has 0 aliphatic carbocycles.